The number of benzene rings is 1. The second-order valence-electron chi connectivity index (χ2n) is 4.96. The number of aromatic nitrogens is 2. The minimum atomic E-state index is -0.495. The third-order valence-electron chi connectivity index (χ3n) is 3.46. The van der Waals surface area contributed by atoms with Crippen LogP contribution in [-0.2, 0) is 0 Å². The normalized spacial score (nSPS) is 10.4. The molecule has 4 nitrogen and oxygen atoms in total. The Hall–Kier alpha value is -3.01. The van der Waals surface area contributed by atoms with Crippen molar-refractivity contribution in [2.45, 2.75) is 6.92 Å². The van der Waals surface area contributed by atoms with Crippen LogP contribution in [0.25, 0.3) is 22.5 Å². The van der Waals surface area contributed by atoms with Gasteiger partial charge in [-0.25, -0.2) is 0 Å². The molecule has 3 aromatic rings. The summed E-state index contributed by atoms with van der Waals surface area (Å²) in [5.74, 6) is -0.495. The Morgan fingerprint density at radius 3 is 2.36 bits per heavy atom. The summed E-state index contributed by atoms with van der Waals surface area (Å²) in [7, 11) is 0. The van der Waals surface area contributed by atoms with Crippen molar-refractivity contribution in [3.8, 4) is 22.5 Å². The topological polar surface area (TPSA) is 68.9 Å². The van der Waals surface area contributed by atoms with Crippen LogP contribution in [0.5, 0.6) is 0 Å². The van der Waals surface area contributed by atoms with Crippen molar-refractivity contribution >= 4 is 5.91 Å². The number of nitrogens with two attached hydrogens (primary N) is 1. The molecule has 1 aromatic carbocycles. The minimum Gasteiger partial charge on any atom is -0.366 e. The van der Waals surface area contributed by atoms with Gasteiger partial charge in [0.2, 0.25) is 0 Å². The largest absolute Gasteiger partial charge is 0.366 e. The van der Waals surface area contributed by atoms with Gasteiger partial charge in [-0.15, -0.1) is 0 Å². The van der Waals surface area contributed by atoms with Gasteiger partial charge < -0.3 is 5.73 Å². The van der Waals surface area contributed by atoms with Crippen molar-refractivity contribution in [3.05, 3.63) is 72.1 Å². The van der Waals surface area contributed by atoms with E-state index in [0.29, 0.717) is 22.5 Å². The maximum Gasteiger partial charge on any atom is 0.251 e. The smallest absolute Gasteiger partial charge is 0.251 e. The van der Waals surface area contributed by atoms with Crippen molar-refractivity contribution in [2.75, 3.05) is 0 Å². The van der Waals surface area contributed by atoms with Crippen LogP contribution >= 0.6 is 0 Å². The fraction of sp³-hybridized carbons (Fsp3) is 0.0556. The predicted octanol–water partition coefficient (Wildman–Crippen LogP) is 3.22. The lowest BCUT2D eigenvalue weighted by atomic mass is 9.99. The molecule has 22 heavy (non-hydrogen) atoms. The number of primary amides is 1. The standard InChI is InChI=1S/C18H15N3O/c1-12-17(18(19)22)14(15-9-5-6-10-20-15)11-16(21-12)13-7-3-2-4-8-13/h2-11H,1H3,(H2,19,22). The molecule has 0 aliphatic carbocycles. The lowest BCUT2D eigenvalue weighted by Gasteiger charge is -2.12. The van der Waals surface area contributed by atoms with Crippen LogP contribution in [0.4, 0.5) is 0 Å². The fourth-order valence-corrected chi connectivity index (χ4v) is 2.46. The van der Waals surface area contributed by atoms with E-state index in [9.17, 15) is 4.79 Å². The van der Waals surface area contributed by atoms with Gasteiger partial charge in [-0.1, -0.05) is 36.4 Å². The molecule has 0 fully saturated rings. The average molecular weight is 289 g/mol. The zero-order valence-electron chi connectivity index (χ0n) is 12.2. The highest BCUT2D eigenvalue weighted by Crippen LogP contribution is 2.28. The van der Waals surface area contributed by atoms with E-state index in [1.165, 1.54) is 0 Å². The Morgan fingerprint density at radius 1 is 1.00 bits per heavy atom. The van der Waals surface area contributed by atoms with Crippen molar-refractivity contribution in [1.82, 2.24) is 9.97 Å². The highest BCUT2D eigenvalue weighted by molar-refractivity contribution is 6.01. The predicted molar refractivity (Wildman–Crippen MR) is 86.2 cm³/mol. The lowest BCUT2D eigenvalue weighted by molar-refractivity contribution is 0.1000. The third kappa shape index (κ3) is 2.59. The highest BCUT2D eigenvalue weighted by atomic mass is 16.1. The Balaban J connectivity index is 2.26. The monoisotopic (exact) mass is 289 g/mol. The van der Waals surface area contributed by atoms with E-state index in [1.54, 1.807) is 13.1 Å². The van der Waals surface area contributed by atoms with E-state index in [2.05, 4.69) is 9.97 Å². The second kappa shape index (κ2) is 5.77. The zero-order valence-corrected chi connectivity index (χ0v) is 12.2. The molecule has 0 aliphatic heterocycles. The molecule has 1 amide bonds. The van der Waals surface area contributed by atoms with Crippen molar-refractivity contribution < 1.29 is 4.79 Å². The maximum absolute atomic E-state index is 11.8. The van der Waals surface area contributed by atoms with Crippen molar-refractivity contribution in [1.29, 1.82) is 0 Å². The first-order chi connectivity index (χ1) is 10.7. The maximum atomic E-state index is 11.8. The number of carbonyl (C=O) groups is 1. The Morgan fingerprint density at radius 2 is 1.73 bits per heavy atom. The van der Waals surface area contributed by atoms with Gasteiger partial charge in [0, 0.05) is 17.3 Å². The minimum absolute atomic E-state index is 0.415. The van der Waals surface area contributed by atoms with E-state index >= 15 is 0 Å². The number of amides is 1. The van der Waals surface area contributed by atoms with E-state index in [-0.39, 0.29) is 0 Å². The molecular weight excluding hydrogens is 274 g/mol. The number of hydrogen-bond donors (Lipinski definition) is 1. The molecule has 0 aliphatic rings. The van der Waals surface area contributed by atoms with Crippen LogP contribution in [0.2, 0.25) is 0 Å². The first-order valence-corrected chi connectivity index (χ1v) is 6.95. The Labute approximate surface area is 128 Å². The second-order valence-corrected chi connectivity index (χ2v) is 4.96. The molecular formula is C18H15N3O. The summed E-state index contributed by atoms with van der Waals surface area (Å²) in [6.07, 6.45) is 1.69. The summed E-state index contributed by atoms with van der Waals surface area (Å²) < 4.78 is 0. The van der Waals surface area contributed by atoms with Crippen LogP contribution < -0.4 is 5.73 Å². The van der Waals surface area contributed by atoms with Gasteiger partial charge >= 0.3 is 0 Å². The summed E-state index contributed by atoms with van der Waals surface area (Å²) in [4.78, 5) is 20.7. The third-order valence-corrected chi connectivity index (χ3v) is 3.46. The fourth-order valence-electron chi connectivity index (χ4n) is 2.46. The molecule has 108 valence electrons. The van der Waals surface area contributed by atoms with E-state index in [4.69, 9.17) is 5.73 Å². The first-order valence-electron chi connectivity index (χ1n) is 6.95. The molecule has 0 saturated heterocycles. The van der Waals surface area contributed by atoms with Crippen LogP contribution in [0, 0.1) is 6.92 Å². The first kappa shape index (κ1) is 13.9. The molecule has 0 bridgehead atoms. The number of aryl methyl sites for hydroxylation is 1. The number of hydrogen-bond acceptors (Lipinski definition) is 3. The van der Waals surface area contributed by atoms with E-state index in [0.717, 1.165) is 11.3 Å². The highest BCUT2D eigenvalue weighted by Gasteiger charge is 2.17. The quantitative estimate of drug-likeness (QED) is 0.805. The van der Waals surface area contributed by atoms with Crippen LogP contribution in [-0.4, -0.2) is 15.9 Å². The van der Waals surface area contributed by atoms with Crippen LogP contribution in [0.3, 0.4) is 0 Å². The number of nitrogens with zero attached hydrogens (tertiary/aromatic N) is 2. The van der Waals surface area contributed by atoms with Gasteiger partial charge in [-0.2, -0.15) is 0 Å². The van der Waals surface area contributed by atoms with Crippen molar-refractivity contribution in [2.24, 2.45) is 5.73 Å². The molecule has 0 atom stereocenters. The molecule has 0 saturated carbocycles. The summed E-state index contributed by atoms with van der Waals surface area (Å²) >= 11 is 0. The molecule has 2 N–H and O–H groups in total. The summed E-state index contributed by atoms with van der Waals surface area (Å²) in [6, 6.07) is 17.3. The van der Waals surface area contributed by atoms with Gasteiger partial charge in [0.15, 0.2) is 0 Å². The number of carbonyl (C=O) groups excluding carboxylic acids is 1. The average Bonchev–Trinajstić information content (AvgIpc) is 2.55. The van der Waals surface area contributed by atoms with E-state index in [1.807, 2.05) is 54.6 Å². The van der Waals surface area contributed by atoms with Crippen LogP contribution in [0.1, 0.15) is 16.1 Å². The Bertz CT molecular complexity index is 814. The van der Waals surface area contributed by atoms with Gasteiger partial charge in [-0.05, 0) is 25.1 Å². The van der Waals surface area contributed by atoms with E-state index < -0.39 is 5.91 Å². The van der Waals surface area contributed by atoms with Crippen molar-refractivity contribution in [3.63, 3.8) is 0 Å². The molecule has 0 radical (unpaired) electrons. The van der Waals surface area contributed by atoms with Gasteiger partial charge in [0.1, 0.15) is 0 Å². The summed E-state index contributed by atoms with van der Waals surface area (Å²) in [5, 5.41) is 0. The summed E-state index contributed by atoms with van der Waals surface area (Å²) in [5.41, 5.74) is 9.75. The van der Waals surface area contributed by atoms with Gasteiger partial charge in [0.25, 0.3) is 5.91 Å². The molecule has 3 rings (SSSR count). The van der Waals surface area contributed by atoms with Crippen LogP contribution in [0.15, 0.2) is 60.8 Å². The molecule has 2 aromatic heterocycles. The number of pyridine rings is 2. The zero-order chi connectivity index (χ0) is 15.5. The lowest BCUT2D eigenvalue weighted by Crippen LogP contribution is -2.15. The van der Waals surface area contributed by atoms with Gasteiger partial charge in [-0.3, -0.25) is 14.8 Å². The molecule has 4 heteroatoms. The Kier molecular flexibility index (Phi) is 3.66. The molecule has 0 spiro atoms. The molecule has 0 unspecified atom stereocenters. The SMILES string of the molecule is Cc1nc(-c2ccccc2)cc(-c2ccccn2)c1C(N)=O. The molecule has 2 heterocycles. The van der Waals surface area contributed by atoms with Gasteiger partial charge in [0.05, 0.1) is 22.6 Å². The summed E-state index contributed by atoms with van der Waals surface area (Å²) in [6.45, 7) is 1.79. The number of rotatable bonds is 3.